The fourth-order valence-electron chi connectivity index (χ4n) is 2.08. The summed E-state index contributed by atoms with van der Waals surface area (Å²) in [5.41, 5.74) is 3.33. The molecule has 0 saturated carbocycles. The third-order valence-corrected chi connectivity index (χ3v) is 4.20. The fraction of sp³-hybridized carbons (Fsp3) is 0.300. The lowest BCUT2D eigenvalue weighted by molar-refractivity contribution is -0.123. The lowest BCUT2D eigenvalue weighted by atomic mass is 10.2. The molecule has 1 N–H and O–H groups in total. The van der Waals surface area contributed by atoms with Crippen molar-refractivity contribution in [1.29, 1.82) is 0 Å². The number of unbranched alkanes of at least 4 members (excludes halogenated alkanes) is 2. The van der Waals surface area contributed by atoms with E-state index in [0.717, 1.165) is 27.9 Å². The van der Waals surface area contributed by atoms with Gasteiger partial charge in [-0.15, -0.1) is 0 Å². The van der Waals surface area contributed by atoms with E-state index < -0.39 is 0 Å². The molecule has 0 fully saturated rings. The Morgan fingerprint density at radius 3 is 2.38 bits per heavy atom. The lowest BCUT2D eigenvalue weighted by Crippen LogP contribution is -2.24. The van der Waals surface area contributed by atoms with Crippen LogP contribution in [-0.2, 0) is 4.79 Å². The van der Waals surface area contributed by atoms with Crippen molar-refractivity contribution in [3.63, 3.8) is 0 Å². The topological polar surface area (TPSA) is 59.9 Å². The summed E-state index contributed by atoms with van der Waals surface area (Å²) in [6.07, 6.45) is 5.01. The molecule has 138 valence electrons. The van der Waals surface area contributed by atoms with Crippen LogP contribution in [0.1, 0.15) is 31.7 Å². The highest BCUT2D eigenvalue weighted by Gasteiger charge is 2.01. The zero-order valence-corrected chi connectivity index (χ0v) is 16.9. The Hall–Kier alpha value is -2.09. The van der Waals surface area contributed by atoms with Gasteiger partial charge in [0.05, 0.1) is 12.8 Å². The first-order valence-corrected chi connectivity index (χ1v) is 9.68. The Labute approximate surface area is 167 Å². The Morgan fingerprint density at radius 2 is 1.69 bits per heavy atom. The summed E-state index contributed by atoms with van der Waals surface area (Å²) in [6.45, 7) is 2.82. The van der Waals surface area contributed by atoms with E-state index in [1.165, 1.54) is 12.8 Å². The van der Waals surface area contributed by atoms with Gasteiger partial charge in [-0.05, 0) is 83.1 Å². The van der Waals surface area contributed by atoms with Crippen molar-refractivity contribution >= 4 is 34.7 Å². The molecule has 0 unspecified atom stereocenters. The van der Waals surface area contributed by atoms with Crippen LogP contribution in [-0.4, -0.2) is 25.3 Å². The molecule has 0 aromatic heterocycles. The smallest absolute Gasteiger partial charge is 0.277 e. The van der Waals surface area contributed by atoms with Crippen molar-refractivity contribution in [2.45, 2.75) is 26.2 Å². The summed E-state index contributed by atoms with van der Waals surface area (Å²) < 4.78 is 12.2. The number of ether oxygens (including phenoxy) is 2. The lowest BCUT2D eigenvalue weighted by Gasteiger charge is -2.06. The van der Waals surface area contributed by atoms with Gasteiger partial charge in [0.2, 0.25) is 0 Å². The molecule has 0 radical (unpaired) electrons. The fourth-order valence-corrected chi connectivity index (χ4v) is 2.44. The molecule has 0 aliphatic heterocycles. The molecule has 2 aromatic carbocycles. The minimum absolute atomic E-state index is 0.0809. The largest absolute Gasteiger partial charge is 0.494 e. The molecule has 1 amide bonds. The van der Waals surface area contributed by atoms with Crippen molar-refractivity contribution in [2.24, 2.45) is 5.10 Å². The van der Waals surface area contributed by atoms with Gasteiger partial charge in [0.15, 0.2) is 6.61 Å². The number of hydrogen-bond acceptors (Lipinski definition) is 4. The predicted molar refractivity (Wildman–Crippen MR) is 112 cm³/mol. The maximum absolute atomic E-state index is 11.7. The maximum atomic E-state index is 11.7. The molecule has 0 spiro atoms. The second-order valence-electron chi connectivity index (χ2n) is 5.66. The van der Waals surface area contributed by atoms with Crippen LogP contribution >= 0.6 is 22.6 Å². The normalized spacial score (nSPS) is 10.7. The highest BCUT2D eigenvalue weighted by atomic mass is 127. The van der Waals surface area contributed by atoms with Crippen molar-refractivity contribution in [1.82, 2.24) is 5.43 Å². The number of carbonyl (C=O) groups excluding carboxylic acids is 1. The Kier molecular flexibility index (Phi) is 8.95. The van der Waals surface area contributed by atoms with Crippen molar-refractivity contribution in [3.05, 3.63) is 57.7 Å². The third kappa shape index (κ3) is 7.86. The average Bonchev–Trinajstić information content (AvgIpc) is 2.66. The summed E-state index contributed by atoms with van der Waals surface area (Å²) >= 11 is 2.21. The zero-order chi connectivity index (χ0) is 18.6. The van der Waals surface area contributed by atoms with E-state index in [-0.39, 0.29) is 12.5 Å². The molecule has 0 saturated heterocycles. The second kappa shape index (κ2) is 11.5. The summed E-state index contributed by atoms with van der Waals surface area (Å²) in [4.78, 5) is 11.7. The van der Waals surface area contributed by atoms with E-state index in [1.807, 2.05) is 48.5 Å². The minimum Gasteiger partial charge on any atom is -0.494 e. The molecule has 5 nitrogen and oxygen atoms in total. The molecule has 0 bridgehead atoms. The number of nitrogens with zero attached hydrogens (tertiary/aromatic N) is 1. The van der Waals surface area contributed by atoms with Crippen LogP contribution in [0.4, 0.5) is 0 Å². The zero-order valence-electron chi connectivity index (χ0n) is 14.8. The number of hydrogen-bond donors (Lipinski definition) is 1. The SMILES string of the molecule is CCCCCOc1ccc(/C=N\NC(=O)COc2ccc(I)cc2)cc1. The highest BCUT2D eigenvalue weighted by Crippen LogP contribution is 2.13. The molecular weight excluding hydrogens is 443 g/mol. The van der Waals surface area contributed by atoms with E-state index in [9.17, 15) is 4.79 Å². The van der Waals surface area contributed by atoms with Gasteiger partial charge in [-0.3, -0.25) is 4.79 Å². The first kappa shape index (κ1) is 20.2. The monoisotopic (exact) mass is 466 g/mol. The van der Waals surface area contributed by atoms with Crippen LogP contribution in [0.2, 0.25) is 0 Å². The number of halogens is 1. The van der Waals surface area contributed by atoms with Gasteiger partial charge in [-0.1, -0.05) is 19.8 Å². The van der Waals surface area contributed by atoms with Gasteiger partial charge in [0.25, 0.3) is 5.91 Å². The quantitative estimate of drug-likeness (QED) is 0.245. The van der Waals surface area contributed by atoms with Gasteiger partial charge in [-0.2, -0.15) is 5.10 Å². The molecule has 2 aromatic rings. The second-order valence-corrected chi connectivity index (χ2v) is 6.91. The molecule has 0 aliphatic carbocycles. The predicted octanol–water partition coefficient (Wildman–Crippen LogP) is 4.39. The standard InChI is InChI=1S/C20H23IN2O3/c1-2-3-4-13-25-18-9-5-16(6-10-18)14-22-23-20(24)15-26-19-11-7-17(21)8-12-19/h5-12,14H,2-4,13,15H2,1H3,(H,23,24)/b22-14-. The van der Waals surface area contributed by atoms with Crippen molar-refractivity contribution in [2.75, 3.05) is 13.2 Å². The molecular formula is C20H23IN2O3. The highest BCUT2D eigenvalue weighted by molar-refractivity contribution is 14.1. The number of hydrazone groups is 1. The molecule has 0 heterocycles. The van der Waals surface area contributed by atoms with Gasteiger partial charge >= 0.3 is 0 Å². The van der Waals surface area contributed by atoms with Gasteiger partial charge in [0, 0.05) is 3.57 Å². The van der Waals surface area contributed by atoms with Crippen LogP contribution in [0.3, 0.4) is 0 Å². The van der Waals surface area contributed by atoms with Crippen LogP contribution < -0.4 is 14.9 Å². The van der Waals surface area contributed by atoms with E-state index >= 15 is 0 Å². The Morgan fingerprint density at radius 1 is 1.04 bits per heavy atom. The number of amides is 1. The number of nitrogens with one attached hydrogen (secondary N) is 1. The Bertz CT molecular complexity index is 700. The number of rotatable bonds is 10. The van der Waals surface area contributed by atoms with Crippen molar-refractivity contribution < 1.29 is 14.3 Å². The summed E-state index contributed by atoms with van der Waals surface area (Å²) in [6, 6.07) is 15.1. The summed E-state index contributed by atoms with van der Waals surface area (Å²) in [5, 5.41) is 3.94. The van der Waals surface area contributed by atoms with Crippen LogP contribution in [0.5, 0.6) is 11.5 Å². The number of benzene rings is 2. The van der Waals surface area contributed by atoms with Crippen molar-refractivity contribution in [3.8, 4) is 11.5 Å². The Balaban J connectivity index is 1.70. The van der Waals surface area contributed by atoms with E-state index in [4.69, 9.17) is 9.47 Å². The molecule has 0 aliphatic rings. The van der Waals surface area contributed by atoms with Gasteiger partial charge < -0.3 is 9.47 Å². The van der Waals surface area contributed by atoms with E-state index in [0.29, 0.717) is 5.75 Å². The molecule has 2 rings (SSSR count). The summed E-state index contributed by atoms with van der Waals surface area (Å²) in [5.74, 6) is 1.18. The average molecular weight is 466 g/mol. The maximum Gasteiger partial charge on any atom is 0.277 e. The third-order valence-electron chi connectivity index (χ3n) is 3.48. The first-order valence-electron chi connectivity index (χ1n) is 8.60. The molecule has 0 atom stereocenters. The number of carbonyl (C=O) groups is 1. The van der Waals surface area contributed by atoms with Gasteiger partial charge in [-0.25, -0.2) is 5.43 Å². The van der Waals surface area contributed by atoms with E-state index in [1.54, 1.807) is 6.21 Å². The van der Waals surface area contributed by atoms with Crippen LogP contribution in [0.25, 0.3) is 0 Å². The van der Waals surface area contributed by atoms with E-state index in [2.05, 4.69) is 40.0 Å². The summed E-state index contributed by atoms with van der Waals surface area (Å²) in [7, 11) is 0. The molecule has 26 heavy (non-hydrogen) atoms. The van der Waals surface area contributed by atoms with Crippen LogP contribution in [0, 0.1) is 3.57 Å². The van der Waals surface area contributed by atoms with Gasteiger partial charge in [0.1, 0.15) is 11.5 Å². The first-order chi connectivity index (χ1) is 12.7. The minimum atomic E-state index is -0.310. The van der Waals surface area contributed by atoms with Crippen LogP contribution in [0.15, 0.2) is 53.6 Å². The molecule has 6 heteroatoms.